The van der Waals surface area contributed by atoms with Gasteiger partial charge in [-0.25, -0.2) is 0 Å². The van der Waals surface area contributed by atoms with Crippen LogP contribution < -0.4 is 16.4 Å². The lowest BCUT2D eigenvalue weighted by molar-refractivity contribution is -0.130. The molecule has 2 saturated carbocycles. The van der Waals surface area contributed by atoms with E-state index in [9.17, 15) is 24.0 Å². The number of nitrogens with two attached hydrogens (primary N) is 1. The summed E-state index contributed by atoms with van der Waals surface area (Å²) >= 11 is 0. The summed E-state index contributed by atoms with van der Waals surface area (Å²) in [5.41, 5.74) is 6.84. The number of Topliss-reactive ketones (excluding diaryl/α,β-unsaturated/α-hetero) is 4. The van der Waals surface area contributed by atoms with Crippen LogP contribution in [0.15, 0.2) is 22.5 Å². The fraction of sp³-hybridized carbons (Fsp3) is 0.719. The topological polar surface area (TPSA) is 139 Å². The van der Waals surface area contributed by atoms with Gasteiger partial charge < -0.3 is 21.3 Å². The first kappa shape index (κ1) is 34.4. The van der Waals surface area contributed by atoms with Crippen molar-refractivity contribution in [2.75, 3.05) is 32.7 Å². The molecule has 2 fully saturated rings. The lowest BCUT2D eigenvalue weighted by Crippen LogP contribution is -2.44. The minimum atomic E-state index is -0.343. The summed E-state index contributed by atoms with van der Waals surface area (Å²) < 4.78 is 0. The number of amides is 1. The zero-order valence-electron chi connectivity index (χ0n) is 26.5. The molecule has 1 amide bonds. The quantitative estimate of drug-likeness (QED) is 0.225. The number of nitrogens with one attached hydrogen (secondary N) is 2. The molecule has 0 unspecified atom stereocenters. The Kier molecular flexibility index (Phi) is 12.1. The van der Waals surface area contributed by atoms with Gasteiger partial charge in [-0.05, 0) is 35.5 Å². The number of nitrogens with zero attached hydrogens (tertiary/aromatic N) is 1. The van der Waals surface area contributed by atoms with Crippen LogP contribution in [0.2, 0.25) is 0 Å². The molecule has 0 aromatic carbocycles. The van der Waals surface area contributed by atoms with Gasteiger partial charge in [0, 0.05) is 63.3 Å². The van der Waals surface area contributed by atoms with E-state index in [0.717, 1.165) is 0 Å². The molecule has 2 aliphatic carbocycles. The van der Waals surface area contributed by atoms with Gasteiger partial charge in [0.25, 0.3) is 0 Å². The largest absolute Gasteiger partial charge is 0.386 e. The second-order valence-electron chi connectivity index (χ2n) is 14.1. The Labute approximate surface area is 246 Å². The Balaban J connectivity index is 2.15. The third kappa shape index (κ3) is 10.2. The van der Waals surface area contributed by atoms with E-state index >= 15 is 0 Å². The van der Waals surface area contributed by atoms with Gasteiger partial charge in [-0.2, -0.15) is 0 Å². The first-order chi connectivity index (χ1) is 19.0. The van der Waals surface area contributed by atoms with E-state index in [0.29, 0.717) is 76.1 Å². The van der Waals surface area contributed by atoms with Gasteiger partial charge in [-0.1, -0.05) is 55.4 Å². The van der Waals surface area contributed by atoms with Gasteiger partial charge in [0.1, 0.15) is 0 Å². The molecule has 2 rings (SSSR count). The summed E-state index contributed by atoms with van der Waals surface area (Å²) in [5, 5.41) is 6.60. The molecule has 0 spiro atoms. The maximum atomic E-state index is 12.9. The monoisotopic (exact) mass is 572 g/mol. The lowest BCUT2D eigenvalue weighted by Gasteiger charge is -2.31. The van der Waals surface area contributed by atoms with Gasteiger partial charge in [-0.15, -0.1) is 0 Å². The van der Waals surface area contributed by atoms with Crippen molar-refractivity contribution >= 4 is 29.0 Å². The van der Waals surface area contributed by atoms with Gasteiger partial charge in [0.15, 0.2) is 23.1 Å². The van der Waals surface area contributed by atoms with Crippen LogP contribution >= 0.6 is 0 Å². The Morgan fingerprint density at radius 3 is 1.29 bits per heavy atom. The SMILES string of the molecule is CC(C)CC(NCCN(CCNC(CC(C)C)=C1C(=O)CC(C)(C)CC1=O)C(=O)CN)=C1C(=O)CC(C)(C)CC1=O. The number of hydrogen-bond donors (Lipinski definition) is 3. The molecule has 4 N–H and O–H groups in total. The second-order valence-corrected chi connectivity index (χ2v) is 14.1. The second kappa shape index (κ2) is 14.4. The molecular formula is C32H52N4O5. The van der Waals surface area contributed by atoms with Crippen molar-refractivity contribution in [3.05, 3.63) is 22.5 Å². The zero-order chi connectivity index (χ0) is 31.1. The van der Waals surface area contributed by atoms with Crippen molar-refractivity contribution in [3.63, 3.8) is 0 Å². The third-order valence-corrected chi connectivity index (χ3v) is 7.47. The highest BCUT2D eigenvalue weighted by Crippen LogP contribution is 2.36. The fourth-order valence-corrected chi connectivity index (χ4v) is 5.72. The Morgan fingerprint density at radius 1 is 0.707 bits per heavy atom. The summed E-state index contributed by atoms with van der Waals surface area (Å²) in [6.07, 6.45) is 2.44. The standard InChI is InChI=1S/C32H52N4O5/c1-20(2)13-22(29-24(37)15-31(5,6)16-25(29)38)34-9-11-36(28(41)19-33)12-10-35-23(14-21(3)4)30-26(39)17-32(7,8)18-27(30)40/h20-21,34-35H,9-19,33H2,1-8H3. The highest BCUT2D eigenvalue weighted by atomic mass is 16.2. The first-order valence-electron chi connectivity index (χ1n) is 15.0. The van der Waals surface area contributed by atoms with Crippen molar-refractivity contribution in [2.24, 2.45) is 28.4 Å². The van der Waals surface area contributed by atoms with Crippen molar-refractivity contribution in [3.8, 4) is 0 Å². The molecule has 2 aliphatic rings. The number of hydrogen-bond acceptors (Lipinski definition) is 8. The summed E-state index contributed by atoms with van der Waals surface area (Å²) in [5.74, 6) is -0.292. The van der Waals surface area contributed by atoms with Crippen LogP contribution in [0.1, 0.15) is 93.9 Å². The molecule has 9 nitrogen and oxygen atoms in total. The van der Waals surface area contributed by atoms with Crippen molar-refractivity contribution in [2.45, 2.75) is 93.9 Å². The van der Waals surface area contributed by atoms with Gasteiger partial charge in [0.05, 0.1) is 17.7 Å². The van der Waals surface area contributed by atoms with Gasteiger partial charge in [-0.3, -0.25) is 24.0 Å². The molecule has 0 saturated heterocycles. The van der Waals surface area contributed by atoms with Crippen LogP contribution in [-0.2, 0) is 24.0 Å². The average molecular weight is 573 g/mol. The molecule has 0 aliphatic heterocycles. The number of ketones is 4. The summed E-state index contributed by atoms with van der Waals surface area (Å²) in [4.78, 5) is 66.0. The average Bonchev–Trinajstić information content (AvgIpc) is 2.78. The molecule has 230 valence electrons. The van der Waals surface area contributed by atoms with E-state index in [1.54, 1.807) is 4.90 Å². The summed E-state index contributed by atoms with van der Waals surface area (Å²) in [7, 11) is 0. The Bertz CT molecular complexity index is 975. The van der Waals surface area contributed by atoms with E-state index in [1.807, 2.05) is 55.4 Å². The van der Waals surface area contributed by atoms with Crippen LogP contribution in [0.4, 0.5) is 0 Å². The summed E-state index contributed by atoms with van der Waals surface area (Å²) in [6.45, 7) is 17.1. The van der Waals surface area contributed by atoms with E-state index in [2.05, 4.69) is 10.6 Å². The van der Waals surface area contributed by atoms with Crippen molar-refractivity contribution in [1.29, 1.82) is 0 Å². The number of carbonyl (C=O) groups excluding carboxylic acids is 5. The minimum absolute atomic E-state index is 0.130. The predicted molar refractivity (Wildman–Crippen MR) is 161 cm³/mol. The third-order valence-electron chi connectivity index (χ3n) is 7.47. The van der Waals surface area contributed by atoms with E-state index in [4.69, 9.17) is 5.73 Å². The smallest absolute Gasteiger partial charge is 0.236 e. The molecule has 0 heterocycles. The molecule has 0 bridgehead atoms. The molecule has 9 heteroatoms. The molecule has 41 heavy (non-hydrogen) atoms. The van der Waals surface area contributed by atoms with E-state index in [-0.39, 0.29) is 69.4 Å². The van der Waals surface area contributed by atoms with Crippen LogP contribution in [-0.4, -0.2) is 66.7 Å². The Morgan fingerprint density at radius 2 is 1.02 bits per heavy atom. The van der Waals surface area contributed by atoms with E-state index < -0.39 is 0 Å². The van der Waals surface area contributed by atoms with Crippen molar-refractivity contribution in [1.82, 2.24) is 15.5 Å². The molecule has 0 atom stereocenters. The van der Waals surface area contributed by atoms with Gasteiger partial charge in [0.2, 0.25) is 5.91 Å². The first-order valence-corrected chi connectivity index (χ1v) is 15.0. The summed E-state index contributed by atoms with van der Waals surface area (Å²) in [6, 6.07) is 0. The van der Waals surface area contributed by atoms with E-state index in [1.165, 1.54) is 0 Å². The molecule has 0 aromatic heterocycles. The van der Waals surface area contributed by atoms with Gasteiger partial charge >= 0.3 is 0 Å². The van der Waals surface area contributed by atoms with Crippen molar-refractivity contribution < 1.29 is 24.0 Å². The van der Waals surface area contributed by atoms with Crippen LogP contribution in [0.3, 0.4) is 0 Å². The molecule has 0 radical (unpaired) electrons. The number of rotatable bonds is 13. The molecule has 0 aromatic rings. The van der Waals surface area contributed by atoms with Crippen LogP contribution in [0.25, 0.3) is 0 Å². The fourth-order valence-electron chi connectivity index (χ4n) is 5.72. The number of carbonyl (C=O) groups is 5. The molecular weight excluding hydrogens is 520 g/mol. The Hall–Kier alpha value is -2.81. The highest BCUT2D eigenvalue weighted by molar-refractivity contribution is 6.23. The maximum absolute atomic E-state index is 12.9. The predicted octanol–water partition coefficient (Wildman–Crippen LogP) is 3.47. The zero-order valence-corrected chi connectivity index (χ0v) is 26.5. The normalized spacial score (nSPS) is 18.7. The van der Waals surface area contributed by atoms with Crippen LogP contribution in [0.5, 0.6) is 0 Å². The van der Waals surface area contributed by atoms with Crippen LogP contribution in [0, 0.1) is 22.7 Å². The highest BCUT2D eigenvalue weighted by Gasteiger charge is 2.38. The minimum Gasteiger partial charge on any atom is -0.386 e. The maximum Gasteiger partial charge on any atom is 0.236 e. The number of allylic oxidation sites excluding steroid dienone is 4. The lowest BCUT2D eigenvalue weighted by atomic mass is 9.73.